The largest absolute Gasteiger partial charge is 0.480 e. The van der Waals surface area contributed by atoms with E-state index in [1.807, 2.05) is 0 Å². The number of carboxylic acid groups (broad SMARTS) is 1. The molecule has 0 bridgehead atoms. The second-order valence-electron chi connectivity index (χ2n) is 4.05. The Balaban J connectivity index is 2.38. The van der Waals surface area contributed by atoms with E-state index in [1.54, 1.807) is 0 Å². The molecule has 1 heterocycles. The smallest absolute Gasteiger partial charge is 0.326 e. The van der Waals surface area contributed by atoms with Crippen molar-refractivity contribution in [1.82, 2.24) is 10.6 Å². The maximum atomic E-state index is 11.5. The Labute approximate surface area is 110 Å². The second kappa shape index (κ2) is 7.24. The third-order valence-electron chi connectivity index (χ3n) is 2.39. The molecule has 1 aliphatic rings. The van der Waals surface area contributed by atoms with Crippen LogP contribution in [-0.4, -0.2) is 54.1 Å². The van der Waals surface area contributed by atoms with Crippen molar-refractivity contribution in [1.29, 1.82) is 0 Å². The molecule has 0 aliphatic carbocycles. The summed E-state index contributed by atoms with van der Waals surface area (Å²) in [6.45, 7) is 1.89. The number of hydrogen-bond donors (Lipinski definition) is 3. The number of amides is 2. The molecule has 8 nitrogen and oxygen atoms in total. The van der Waals surface area contributed by atoms with Gasteiger partial charge in [-0.1, -0.05) is 0 Å². The second-order valence-corrected chi connectivity index (χ2v) is 4.05. The van der Waals surface area contributed by atoms with Gasteiger partial charge in [-0.3, -0.25) is 14.6 Å². The van der Waals surface area contributed by atoms with Crippen LogP contribution in [0.2, 0.25) is 0 Å². The summed E-state index contributed by atoms with van der Waals surface area (Å²) in [4.78, 5) is 40.9. The minimum Gasteiger partial charge on any atom is -0.480 e. The zero-order chi connectivity index (χ0) is 14.3. The molecule has 3 N–H and O–H groups in total. The van der Waals surface area contributed by atoms with Gasteiger partial charge in [0.05, 0.1) is 6.54 Å². The van der Waals surface area contributed by atoms with Crippen LogP contribution >= 0.6 is 0 Å². The van der Waals surface area contributed by atoms with Gasteiger partial charge in [-0.2, -0.15) is 0 Å². The molecule has 0 saturated carbocycles. The quantitative estimate of drug-likeness (QED) is 0.546. The number of carbonyl (C=O) groups excluding carboxylic acids is 2. The van der Waals surface area contributed by atoms with Gasteiger partial charge in [0.2, 0.25) is 11.8 Å². The number of carbonyl (C=O) groups is 3. The molecule has 0 fully saturated rings. The van der Waals surface area contributed by atoms with Crippen LogP contribution in [0.15, 0.2) is 9.98 Å². The summed E-state index contributed by atoms with van der Waals surface area (Å²) in [6.07, 6.45) is 1.53. The molecule has 0 radical (unpaired) electrons. The van der Waals surface area contributed by atoms with E-state index in [0.29, 0.717) is 12.3 Å². The molecule has 104 valence electrons. The zero-order valence-electron chi connectivity index (χ0n) is 10.5. The number of nitrogens with zero attached hydrogens (tertiary/aromatic N) is 2. The van der Waals surface area contributed by atoms with Gasteiger partial charge in [-0.25, -0.2) is 9.79 Å². The standard InChI is InChI=1S/C11H16N4O4/c1-7(16)13-3-2-10(17)15-9(11(18)19)4-8-5-12-6-14-8/h6,9H,2-5H2,1H3,(H,13,16)(H,15,17)(H,18,19)/t9-/m1/s1. The highest BCUT2D eigenvalue weighted by Crippen LogP contribution is 2.01. The third-order valence-corrected chi connectivity index (χ3v) is 2.39. The lowest BCUT2D eigenvalue weighted by Crippen LogP contribution is -2.43. The maximum Gasteiger partial charge on any atom is 0.326 e. The predicted molar refractivity (Wildman–Crippen MR) is 68.3 cm³/mol. The van der Waals surface area contributed by atoms with Gasteiger partial charge in [0.1, 0.15) is 12.4 Å². The number of rotatable bonds is 7. The fourth-order valence-corrected chi connectivity index (χ4v) is 1.48. The lowest BCUT2D eigenvalue weighted by molar-refractivity contribution is -0.141. The fourth-order valence-electron chi connectivity index (χ4n) is 1.48. The Kier molecular flexibility index (Phi) is 5.65. The first-order valence-electron chi connectivity index (χ1n) is 5.79. The predicted octanol–water partition coefficient (Wildman–Crippen LogP) is -1.04. The average molecular weight is 268 g/mol. The van der Waals surface area contributed by atoms with Crippen LogP contribution in [0.1, 0.15) is 19.8 Å². The molecule has 0 aromatic heterocycles. The summed E-state index contributed by atoms with van der Waals surface area (Å²) >= 11 is 0. The highest BCUT2D eigenvalue weighted by molar-refractivity contribution is 5.99. The van der Waals surface area contributed by atoms with Crippen LogP contribution in [0.3, 0.4) is 0 Å². The average Bonchev–Trinajstić information content (AvgIpc) is 2.80. The number of carboxylic acids is 1. The molecule has 2 amide bonds. The Morgan fingerprint density at radius 3 is 2.74 bits per heavy atom. The lowest BCUT2D eigenvalue weighted by atomic mass is 10.1. The van der Waals surface area contributed by atoms with E-state index in [9.17, 15) is 14.4 Å². The summed E-state index contributed by atoms with van der Waals surface area (Å²) < 4.78 is 0. The van der Waals surface area contributed by atoms with E-state index in [0.717, 1.165) is 0 Å². The van der Waals surface area contributed by atoms with Crippen molar-refractivity contribution in [2.75, 3.05) is 13.1 Å². The number of hydrogen-bond acceptors (Lipinski definition) is 5. The van der Waals surface area contributed by atoms with Crippen molar-refractivity contribution < 1.29 is 19.5 Å². The van der Waals surface area contributed by atoms with Gasteiger partial charge >= 0.3 is 5.97 Å². The van der Waals surface area contributed by atoms with Gasteiger partial charge in [0.25, 0.3) is 0 Å². The summed E-state index contributed by atoms with van der Waals surface area (Å²) in [5.41, 5.74) is 0.620. The summed E-state index contributed by atoms with van der Waals surface area (Å²) in [7, 11) is 0. The molecule has 1 rings (SSSR count). The van der Waals surface area contributed by atoms with Gasteiger partial charge in [-0.05, 0) is 0 Å². The highest BCUT2D eigenvalue weighted by atomic mass is 16.4. The van der Waals surface area contributed by atoms with Crippen LogP contribution in [0.4, 0.5) is 0 Å². The maximum absolute atomic E-state index is 11.5. The van der Waals surface area contributed by atoms with Gasteiger partial charge < -0.3 is 15.7 Å². The first-order valence-corrected chi connectivity index (χ1v) is 5.79. The van der Waals surface area contributed by atoms with E-state index in [-0.39, 0.29) is 25.3 Å². The molecule has 1 aliphatic heterocycles. The molecule has 8 heteroatoms. The molecule has 0 unspecified atom stereocenters. The van der Waals surface area contributed by atoms with Crippen LogP contribution in [0.25, 0.3) is 0 Å². The van der Waals surface area contributed by atoms with Gasteiger partial charge in [0.15, 0.2) is 0 Å². The third kappa shape index (κ3) is 5.75. The highest BCUT2D eigenvalue weighted by Gasteiger charge is 2.22. The fraction of sp³-hybridized carbons (Fsp3) is 0.545. The van der Waals surface area contributed by atoms with E-state index in [4.69, 9.17) is 5.11 Å². The molecular formula is C11H16N4O4. The van der Waals surface area contributed by atoms with Crippen LogP contribution in [-0.2, 0) is 14.4 Å². The first kappa shape index (κ1) is 14.8. The van der Waals surface area contributed by atoms with Crippen molar-refractivity contribution in [2.45, 2.75) is 25.8 Å². The molecule has 19 heavy (non-hydrogen) atoms. The minimum absolute atomic E-state index is 0.0341. The minimum atomic E-state index is -1.12. The van der Waals surface area contributed by atoms with Crippen molar-refractivity contribution in [2.24, 2.45) is 9.98 Å². The van der Waals surface area contributed by atoms with Crippen molar-refractivity contribution in [3.8, 4) is 0 Å². The molecule has 1 atom stereocenters. The Hall–Kier alpha value is -2.25. The topological polar surface area (TPSA) is 120 Å². The summed E-state index contributed by atoms with van der Waals surface area (Å²) in [5, 5.41) is 13.9. The Morgan fingerprint density at radius 1 is 1.47 bits per heavy atom. The Morgan fingerprint density at radius 2 is 2.21 bits per heavy atom. The van der Waals surface area contributed by atoms with Crippen LogP contribution < -0.4 is 10.6 Å². The first-order chi connectivity index (χ1) is 8.99. The number of aliphatic imine (C=N–C) groups is 2. The van der Waals surface area contributed by atoms with Crippen LogP contribution in [0.5, 0.6) is 0 Å². The van der Waals surface area contributed by atoms with Crippen molar-refractivity contribution >= 4 is 29.8 Å². The van der Waals surface area contributed by atoms with E-state index in [1.165, 1.54) is 13.3 Å². The monoisotopic (exact) mass is 268 g/mol. The lowest BCUT2D eigenvalue weighted by Gasteiger charge is -2.14. The van der Waals surface area contributed by atoms with E-state index >= 15 is 0 Å². The van der Waals surface area contributed by atoms with Crippen molar-refractivity contribution in [3.63, 3.8) is 0 Å². The molecule has 0 aromatic carbocycles. The van der Waals surface area contributed by atoms with E-state index in [2.05, 4.69) is 20.6 Å². The summed E-state index contributed by atoms with van der Waals surface area (Å²) in [6, 6.07) is -1.02. The van der Waals surface area contributed by atoms with E-state index < -0.39 is 17.9 Å². The molecule has 0 aromatic rings. The Bertz CT molecular complexity index is 430. The SMILES string of the molecule is CC(=O)NCCC(=O)N[C@H](CC1=NC=NC1)C(=O)O. The van der Waals surface area contributed by atoms with Crippen LogP contribution in [0, 0.1) is 0 Å². The van der Waals surface area contributed by atoms with Gasteiger partial charge in [-0.15, -0.1) is 0 Å². The number of nitrogens with one attached hydrogen (secondary N) is 2. The van der Waals surface area contributed by atoms with Crippen molar-refractivity contribution in [3.05, 3.63) is 0 Å². The van der Waals surface area contributed by atoms with Gasteiger partial charge in [0, 0.05) is 32.0 Å². The molecular weight excluding hydrogens is 252 g/mol. The molecule has 0 saturated heterocycles. The number of aliphatic carboxylic acids is 1. The molecule has 0 spiro atoms. The normalized spacial score (nSPS) is 14.7. The summed E-state index contributed by atoms with van der Waals surface area (Å²) in [5.74, 6) is -1.79. The zero-order valence-corrected chi connectivity index (χ0v) is 10.5.